The number of nitrogens with zero attached hydrogens (tertiary/aromatic N) is 1. The second-order valence-electron chi connectivity index (χ2n) is 5.21. The van der Waals surface area contributed by atoms with Crippen LogP contribution in [0.5, 0.6) is 11.5 Å². The van der Waals surface area contributed by atoms with Crippen LogP contribution in [0.2, 0.25) is 0 Å². The van der Waals surface area contributed by atoms with Gasteiger partial charge in [0.05, 0.1) is 20.0 Å². The third-order valence-corrected chi connectivity index (χ3v) is 4.47. The van der Waals surface area contributed by atoms with Crippen molar-refractivity contribution in [2.75, 3.05) is 26.5 Å². The fourth-order valence-corrected chi connectivity index (χ4v) is 3.55. The highest BCUT2D eigenvalue weighted by Crippen LogP contribution is 2.43. The molecule has 0 N–H and O–H groups in total. The second-order valence-corrected chi connectivity index (χ2v) is 6.28. The van der Waals surface area contributed by atoms with Crippen molar-refractivity contribution in [1.29, 1.82) is 0 Å². The Balaban J connectivity index is 2.31. The molecule has 1 fully saturated rings. The zero-order valence-electron chi connectivity index (χ0n) is 12.4. The van der Waals surface area contributed by atoms with E-state index in [1.807, 2.05) is 23.1 Å². The van der Waals surface area contributed by atoms with Gasteiger partial charge in [-0.2, -0.15) is 0 Å². The van der Waals surface area contributed by atoms with Crippen LogP contribution in [-0.2, 0) is 4.79 Å². The van der Waals surface area contributed by atoms with E-state index in [1.165, 1.54) is 0 Å². The molecule has 0 saturated carbocycles. The summed E-state index contributed by atoms with van der Waals surface area (Å²) in [7, 11) is 3.28. The summed E-state index contributed by atoms with van der Waals surface area (Å²) in [5.41, 5.74) is 1.03. The Hall–Kier alpha value is -1.36. The highest BCUT2D eigenvalue weighted by molar-refractivity contribution is 8.00. The average molecular weight is 295 g/mol. The molecule has 5 heteroatoms. The number of ether oxygens (including phenoxy) is 2. The molecule has 110 valence electrons. The van der Waals surface area contributed by atoms with Crippen molar-refractivity contribution in [3.05, 3.63) is 23.8 Å². The molecule has 1 saturated heterocycles. The average Bonchev–Trinajstić information content (AvgIpc) is 2.79. The maximum atomic E-state index is 12.1. The Labute approximate surface area is 124 Å². The molecule has 0 spiro atoms. The lowest BCUT2D eigenvalue weighted by molar-refractivity contribution is -0.128. The third-order valence-electron chi connectivity index (χ3n) is 3.24. The van der Waals surface area contributed by atoms with Crippen molar-refractivity contribution in [2.24, 2.45) is 5.92 Å². The van der Waals surface area contributed by atoms with Crippen LogP contribution in [-0.4, -0.2) is 37.3 Å². The van der Waals surface area contributed by atoms with E-state index in [0.29, 0.717) is 11.7 Å². The molecule has 1 unspecified atom stereocenters. The normalized spacial score (nSPS) is 18.8. The molecule has 1 amide bonds. The molecule has 0 radical (unpaired) electrons. The molecule has 4 nitrogen and oxygen atoms in total. The maximum absolute atomic E-state index is 12.1. The summed E-state index contributed by atoms with van der Waals surface area (Å²) in [5, 5.41) is 0.0331. The van der Waals surface area contributed by atoms with Gasteiger partial charge in [0.25, 0.3) is 0 Å². The molecule has 1 aromatic rings. The molecular formula is C15H21NO3S. The van der Waals surface area contributed by atoms with E-state index < -0.39 is 0 Å². The fraction of sp³-hybridized carbons (Fsp3) is 0.533. The minimum absolute atomic E-state index is 0.0331. The number of amides is 1. The maximum Gasteiger partial charge on any atom is 0.233 e. The highest BCUT2D eigenvalue weighted by atomic mass is 32.2. The van der Waals surface area contributed by atoms with E-state index in [2.05, 4.69) is 13.8 Å². The predicted octanol–water partition coefficient (Wildman–Crippen LogP) is 2.93. The number of carbonyl (C=O) groups excluding carboxylic acids is 1. The number of hydrogen-bond donors (Lipinski definition) is 0. The number of rotatable bonds is 5. The standard InChI is InChI=1S/C15H21NO3S/c1-10(2)8-16-14(17)9-20-15(16)12-6-5-11(18-3)7-13(12)19-4/h5-7,10,15H,8-9H2,1-4H3. The van der Waals surface area contributed by atoms with Gasteiger partial charge in [-0.1, -0.05) is 13.8 Å². The number of carbonyl (C=O) groups is 1. The largest absolute Gasteiger partial charge is 0.497 e. The van der Waals surface area contributed by atoms with Crippen LogP contribution in [0.25, 0.3) is 0 Å². The monoisotopic (exact) mass is 295 g/mol. The lowest BCUT2D eigenvalue weighted by Crippen LogP contribution is -2.31. The van der Waals surface area contributed by atoms with Crippen LogP contribution in [0.4, 0.5) is 0 Å². The summed E-state index contributed by atoms with van der Waals surface area (Å²) in [6, 6.07) is 5.77. The van der Waals surface area contributed by atoms with E-state index in [-0.39, 0.29) is 11.3 Å². The molecule has 2 rings (SSSR count). The van der Waals surface area contributed by atoms with Crippen molar-refractivity contribution in [2.45, 2.75) is 19.2 Å². The Morgan fingerprint density at radius 3 is 2.70 bits per heavy atom. The first kappa shape index (κ1) is 15.0. The topological polar surface area (TPSA) is 38.8 Å². The lowest BCUT2D eigenvalue weighted by atomic mass is 10.1. The SMILES string of the molecule is COc1ccc(C2SCC(=O)N2CC(C)C)c(OC)c1. The number of hydrogen-bond acceptors (Lipinski definition) is 4. The van der Waals surface area contributed by atoms with Crippen molar-refractivity contribution in [3.63, 3.8) is 0 Å². The number of methoxy groups -OCH3 is 2. The van der Waals surface area contributed by atoms with Gasteiger partial charge in [0.2, 0.25) is 5.91 Å². The van der Waals surface area contributed by atoms with Crippen LogP contribution in [0.1, 0.15) is 24.8 Å². The van der Waals surface area contributed by atoms with Gasteiger partial charge in [0.15, 0.2) is 0 Å². The van der Waals surface area contributed by atoms with Gasteiger partial charge in [0, 0.05) is 18.2 Å². The number of benzene rings is 1. The molecule has 1 aliphatic rings. The molecule has 1 heterocycles. The molecule has 0 aromatic heterocycles. The van der Waals surface area contributed by atoms with Crippen LogP contribution in [0.3, 0.4) is 0 Å². The first-order chi connectivity index (χ1) is 9.56. The summed E-state index contributed by atoms with van der Waals surface area (Å²) >= 11 is 1.65. The van der Waals surface area contributed by atoms with Gasteiger partial charge in [0.1, 0.15) is 16.9 Å². The van der Waals surface area contributed by atoms with E-state index in [9.17, 15) is 4.79 Å². The van der Waals surface area contributed by atoms with Gasteiger partial charge in [-0.05, 0) is 18.1 Å². The van der Waals surface area contributed by atoms with Crippen molar-refractivity contribution in [3.8, 4) is 11.5 Å². The predicted molar refractivity (Wildman–Crippen MR) is 81.3 cm³/mol. The van der Waals surface area contributed by atoms with E-state index in [0.717, 1.165) is 23.6 Å². The summed E-state index contributed by atoms with van der Waals surface area (Å²) in [6.45, 7) is 5.02. The second kappa shape index (κ2) is 6.39. The molecule has 0 bridgehead atoms. The van der Waals surface area contributed by atoms with Crippen molar-refractivity contribution < 1.29 is 14.3 Å². The molecule has 0 aliphatic carbocycles. The zero-order chi connectivity index (χ0) is 14.7. The molecule has 1 aliphatic heterocycles. The first-order valence-electron chi connectivity index (χ1n) is 6.69. The van der Waals surface area contributed by atoms with Gasteiger partial charge in [-0.15, -0.1) is 11.8 Å². The van der Waals surface area contributed by atoms with Crippen LogP contribution in [0.15, 0.2) is 18.2 Å². The van der Waals surface area contributed by atoms with Gasteiger partial charge in [-0.3, -0.25) is 4.79 Å². The van der Waals surface area contributed by atoms with Crippen molar-refractivity contribution in [1.82, 2.24) is 4.90 Å². The van der Waals surface area contributed by atoms with Crippen molar-refractivity contribution >= 4 is 17.7 Å². The van der Waals surface area contributed by atoms with Crippen LogP contribution >= 0.6 is 11.8 Å². The Morgan fingerprint density at radius 2 is 2.10 bits per heavy atom. The molecule has 20 heavy (non-hydrogen) atoms. The smallest absolute Gasteiger partial charge is 0.233 e. The van der Waals surface area contributed by atoms with Gasteiger partial charge >= 0.3 is 0 Å². The summed E-state index contributed by atoms with van der Waals surface area (Å²) in [4.78, 5) is 14.0. The number of thioether (sulfide) groups is 1. The molecular weight excluding hydrogens is 274 g/mol. The van der Waals surface area contributed by atoms with E-state index >= 15 is 0 Å². The summed E-state index contributed by atoms with van der Waals surface area (Å²) in [6.07, 6.45) is 0. The van der Waals surface area contributed by atoms with E-state index in [4.69, 9.17) is 9.47 Å². The Bertz CT molecular complexity index is 490. The summed E-state index contributed by atoms with van der Waals surface area (Å²) < 4.78 is 10.7. The lowest BCUT2D eigenvalue weighted by Gasteiger charge is -2.27. The Morgan fingerprint density at radius 1 is 1.35 bits per heavy atom. The minimum atomic E-state index is 0.0331. The first-order valence-corrected chi connectivity index (χ1v) is 7.74. The summed E-state index contributed by atoms with van der Waals surface area (Å²) in [5.74, 6) is 2.71. The van der Waals surface area contributed by atoms with Gasteiger partial charge in [-0.25, -0.2) is 0 Å². The quantitative estimate of drug-likeness (QED) is 0.837. The van der Waals surface area contributed by atoms with Crippen LogP contribution in [0, 0.1) is 5.92 Å². The molecule has 1 atom stereocenters. The minimum Gasteiger partial charge on any atom is -0.497 e. The van der Waals surface area contributed by atoms with Crippen LogP contribution < -0.4 is 9.47 Å². The molecule has 1 aromatic carbocycles. The van der Waals surface area contributed by atoms with E-state index in [1.54, 1.807) is 26.0 Å². The fourth-order valence-electron chi connectivity index (χ4n) is 2.32. The highest BCUT2D eigenvalue weighted by Gasteiger charge is 2.34. The zero-order valence-corrected chi connectivity index (χ0v) is 13.2. The third kappa shape index (κ3) is 3.03. The Kier molecular flexibility index (Phi) is 4.81. The van der Waals surface area contributed by atoms with Gasteiger partial charge < -0.3 is 14.4 Å².